The first-order valence-electron chi connectivity index (χ1n) is 11.0. The molecule has 2 aromatic rings. The number of benzene rings is 1. The maximum absolute atomic E-state index is 12.8. The van der Waals surface area contributed by atoms with E-state index in [9.17, 15) is 4.79 Å². The number of methoxy groups -OCH3 is 1. The van der Waals surface area contributed by atoms with Crippen LogP contribution in [0.3, 0.4) is 0 Å². The molecule has 1 amide bonds. The van der Waals surface area contributed by atoms with Gasteiger partial charge in [0.05, 0.1) is 18.8 Å². The van der Waals surface area contributed by atoms with Gasteiger partial charge in [0.25, 0.3) is 0 Å². The monoisotopic (exact) mass is 409 g/mol. The number of aromatic nitrogens is 1. The number of carbonyl (C=O) groups is 1. The fourth-order valence-electron chi connectivity index (χ4n) is 3.98. The summed E-state index contributed by atoms with van der Waals surface area (Å²) >= 11 is 0. The number of nitrogens with one attached hydrogen (secondary N) is 1. The molecule has 1 saturated heterocycles. The highest BCUT2D eigenvalue weighted by Gasteiger charge is 2.30. The lowest BCUT2D eigenvalue weighted by atomic mass is 9.91. The average Bonchev–Trinajstić information content (AvgIpc) is 2.75. The van der Waals surface area contributed by atoms with Gasteiger partial charge >= 0.3 is 0 Å². The molecule has 0 radical (unpaired) electrons. The van der Waals surface area contributed by atoms with Crippen LogP contribution in [-0.2, 0) is 11.3 Å². The molecule has 1 aliphatic heterocycles. The first-order valence-corrected chi connectivity index (χ1v) is 11.0. The molecule has 30 heavy (non-hydrogen) atoms. The molecule has 3 rings (SSSR count). The Morgan fingerprint density at radius 1 is 1.20 bits per heavy atom. The third kappa shape index (κ3) is 6.05. The lowest BCUT2D eigenvalue weighted by Gasteiger charge is -2.38. The van der Waals surface area contributed by atoms with E-state index in [4.69, 9.17) is 4.74 Å². The summed E-state index contributed by atoms with van der Waals surface area (Å²) in [5.41, 5.74) is 1.79. The minimum atomic E-state index is -0.428. The van der Waals surface area contributed by atoms with E-state index in [1.165, 1.54) is 18.4 Å². The molecule has 5 heteroatoms. The van der Waals surface area contributed by atoms with Crippen molar-refractivity contribution in [3.8, 4) is 5.75 Å². The Kier molecular flexibility index (Phi) is 7.48. The van der Waals surface area contributed by atoms with Gasteiger partial charge < -0.3 is 10.1 Å². The molecule has 1 aliphatic rings. The van der Waals surface area contributed by atoms with Crippen molar-refractivity contribution in [3.63, 3.8) is 0 Å². The summed E-state index contributed by atoms with van der Waals surface area (Å²) in [7, 11) is 1.69. The molecule has 0 spiro atoms. The molecule has 1 aromatic carbocycles. The van der Waals surface area contributed by atoms with E-state index in [2.05, 4.69) is 27.3 Å². The lowest BCUT2D eigenvalue weighted by molar-refractivity contribution is -0.129. The first-order chi connectivity index (χ1) is 14.4. The molecule has 0 bridgehead atoms. The average molecular weight is 410 g/mol. The highest BCUT2D eigenvalue weighted by Crippen LogP contribution is 2.29. The molecule has 0 unspecified atom stereocenters. The predicted octanol–water partition coefficient (Wildman–Crippen LogP) is 4.74. The standard InChI is InChI=1S/C25H35N3O2/c1-25(2,3)24(29)27-23(22-10-5-7-15-26-22)17-20-9-6-8-16-28(20)18-19-11-13-21(30-4)14-12-19/h5,7,10-15,20,23H,6,8-9,16-18H2,1-4H3,(H,27,29)/t20-,23-/m1/s1. The second kappa shape index (κ2) is 10.1. The van der Waals surface area contributed by atoms with Gasteiger partial charge in [0, 0.05) is 24.2 Å². The largest absolute Gasteiger partial charge is 0.497 e. The summed E-state index contributed by atoms with van der Waals surface area (Å²) in [6.07, 6.45) is 6.27. The van der Waals surface area contributed by atoms with Crippen molar-refractivity contribution in [2.45, 2.75) is 65.1 Å². The van der Waals surface area contributed by atoms with Gasteiger partial charge in [0.15, 0.2) is 0 Å². The summed E-state index contributed by atoms with van der Waals surface area (Å²) in [4.78, 5) is 19.9. The summed E-state index contributed by atoms with van der Waals surface area (Å²) in [6, 6.07) is 14.6. The van der Waals surface area contributed by atoms with Gasteiger partial charge in [-0.25, -0.2) is 0 Å². The molecular formula is C25H35N3O2. The minimum absolute atomic E-state index is 0.0654. The van der Waals surface area contributed by atoms with E-state index in [-0.39, 0.29) is 11.9 Å². The number of rotatable bonds is 7. The number of hydrogen-bond donors (Lipinski definition) is 1. The van der Waals surface area contributed by atoms with Crippen molar-refractivity contribution < 1.29 is 9.53 Å². The summed E-state index contributed by atoms with van der Waals surface area (Å²) in [6.45, 7) is 7.85. The zero-order valence-corrected chi connectivity index (χ0v) is 18.7. The lowest BCUT2D eigenvalue weighted by Crippen LogP contribution is -2.44. The molecule has 2 heterocycles. The predicted molar refractivity (Wildman–Crippen MR) is 120 cm³/mol. The number of carbonyl (C=O) groups excluding carboxylic acids is 1. The number of hydrogen-bond acceptors (Lipinski definition) is 4. The maximum Gasteiger partial charge on any atom is 0.225 e. The Bertz CT molecular complexity index is 799. The van der Waals surface area contributed by atoms with E-state index >= 15 is 0 Å². The Labute approximate surface area is 180 Å². The van der Waals surface area contributed by atoms with Crippen LogP contribution in [-0.4, -0.2) is 35.5 Å². The number of nitrogens with zero attached hydrogens (tertiary/aromatic N) is 2. The molecule has 162 valence electrons. The van der Waals surface area contributed by atoms with E-state index in [0.717, 1.165) is 37.4 Å². The molecule has 1 fully saturated rings. The fraction of sp³-hybridized carbons (Fsp3) is 0.520. The van der Waals surface area contributed by atoms with Crippen molar-refractivity contribution in [1.82, 2.24) is 15.2 Å². The third-order valence-electron chi connectivity index (χ3n) is 5.83. The Hall–Kier alpha value is -2.40. The first kappa shape index (κ1) is 22.3. The quantitative estimate of drug-likeness (QED) is 0.718. The van der Waals surface area contributed by atoms with E-state index < -0.39 is 5.41 Å². The smallest absolute Gasteiger partial charge is 0.225 e. The highest BCUT2D eigenvalue weighted by molar-refractivity contribution is 5.81. The summed E-state index contributed by atoms with van der Waals surface area (Å²) in [5, 5.41) is 3.28. The number of likely N-dealkylation sites (tertiary alicyclic amines) is 1. The maximum atomic E-state index is 12.8. The Morgan fingerprint density at radius 3 is 2.60 bits per heavy atom. The number of amides is 1. The van der Waals surface area contributed by atoms with E-state index in [0.29, 0.717) is 6.04 Å². The van der Waals surface area contributed by atoms with Crippen LogP contribution in [0.2, 0.25) is 0 Å². The minimum Gasteiger partial charge on any atom is -0.497 e. The summed E-state index contributed by atoms with van der Waals surface area (Å²) in [5.74, 6) is 0.949. The van der Waals surface area contributed by atoms with Crippen molar-refractivity contribution in [1.29, 1.82) is 0 Å². The van der Waals surface area contributed by atoms with Crippen LogP contribution in [0.5, 0.6) is 5.75 Å². The fourth-order valence-corrected chi connectivity index (χ4v) is 3.98. The van der Waals surface area contributed by atoms with E-state index in [1.807, 2.05) is 57.3 Å². The van der Waals surface area contributed by atoms with Crippen molar-refractivity contribution in [3.05, 3.63) is 59.9 Å². The van der Waals surface area contributed by atoms with Gasteiger partial charge in [-0.1, -0.05) is 45.4 Å². The zero-order chi connectivity index (χ0) is 21.6. The van der Waals surface area contributed by atoms with Gasteiger partial charge in [-0.15, -0.1) is 0 Å². The number of piperidine rings is 1. The highest BCUT2D eigenvalue weighted by atomic mass is 16.5. The van der Waals surface area contributed by atoms with Crippen LogP contribution in [0, 0.1) is 5.41 Å². The van der Waals surface area contributed by atoms with Crippen molar-refractivity contribution >= 4 is 5.91 Å². The van der Waals surface area contributed by atoms with Gasteiger partial charge in [0.2, 0.25) is 5.91 Å². The number of pyridine rings is 1. The molecule has 5 nitrogen and oxygen atoms in total. The van der Waals surface area contributed by atoms with Gasteiger partial charge in [-0.05, 0) is 55.6 Å². The SMILES string of the molecule is COc1ccc(CN2CCCC[C@@H]2C[C@@H](NC(=O)C(C)(C)C)c2ccccn2)cc1. The Morgan fingerprint density at radius 2 is 1.97 bits per heavy atom. The molecule has 0 saturated carbocycles. The van der Waals surface area contributed by atoms with E-state index in [1.54, 1.807) is 7.11 Å². The van der Waals surface area contributed by atoms with Crippen molar-refractivity contribution in [2.24, 2.45) is 5.41 Å². The molecule has 1 aromatic heterocycles. The third-order valence-corrected chi connectivity index (χ3v) is 5.83. The molecule has 2 atom stereocenters. The van der Waals surface area contributed by atoms with Crippen LogP contribution in [0.1, 0.15) is 63.8 Å². The second-order valence-electron chi connectivity index (χ2n) is 9.23. The Balaban J connectivity index is 1.75. The summed E-state index contributed by atoms with van der Waals surface area (Å²) < 4.78 is 5.29. The van der Waals surface area contributed by atoms with Crippen LogP contribution >= 0.6 is 0 Å². The van der Waals surface area contributed by atoms with Gasteiger partial charge in [-0.2, -0.15) is 0 Å². The topological polar surface area (TPSA) is 54.5 Å². The number of ether oxygens (including phenoxy) is 1. The van der Waals surface area contributed by atoms with Crippen LogP contribution in [0.4, 0.5) is 0 Å². The van der Waals surface area contributed by atoms with Crippen LogP contribution < -0.4 is 10.1 Å². The van der Waals surface area contributed by atoms with Gasteiger partial charge in [-0.3, -0.25) is 14.7 Å². The second-order valence-corrected chi connectivity index (χ2v) is 9.23. The normalized spacial score (nSPS) is 18.6. The van der Waals surface area contributed by atoms with Gasteiger partial charge in [0.1, 0.15) is 5.75 Å². The zero-order valence-electron chi connectivity index (χ0n) is 18.7. The molecule has 0 aliphatic carbocycles. The molecule has 1 N–H and O–H groups in total. The molecular weight excluding hydrogens is 374 g/mol. The van der Waals surface area contributed by atoms with Crippen LogP contribution in [0.15, 0.2) is 48.7 Å². The van der Waals surface area contributed by atoms with Crippen molar-refractivity contribution in [2.75, 3.05) is 13.7 Å². The van der Waals surface area contributed by atoms with Crippen LogP contribution in [0.25, 0.3) is 0 Å².